The van der Waals surface area contributed by atoms with Crippen LogP contribution in [0, 0.1) is 0 Å². The highest BCUT2D eigenvalue weighted by atomic mass is 35.5. The van der Waals surface area contributed by atoms with Gasteiger partial charge in [0.05, 0.1) is 19.4 Å². The molecule has 5 nitrogen and oxygen atoms in total. The molecule has 0 amide bonds. The van der Waals surface area contributed by atoms with Gasteiger partial charge in [-0.3, -0.25) is 4.99 Å². The highest BCUT2D eigenvalue weighted by Gasteiger charge is 2.16. The van der Waals surface area contributed by atoms with Crippen LogP contribution in [-0.4, -0.2) is 12.0 Å². The van der Waals surface area contributed by atoms with Gasteiger partial charge in [0.1, 0.15) is 11.5 Å². The fourth-order valence-corrected chi connectivity index (χ4v) is 3.06. The smallest absolute Gasteiger partial charge is 0.189 e. The van der Waals surface area contributed by atoms with Crippen molar-refractivity contribution in [2.75, 3.05) is 6.79 Å². The molecule has 1 aliphatic rings. The van der Waals surface area contributed by atoms with Gasteiger partial charge in [-0.15, -0.1) is 0 Å². The summed E-state index contributed by atoms with van der Waals surface area (Å²) in [4.78, 5) is 4.28. The Bertz CT molecular complexity index is 674. The van der Waals surface area contributed by atoms with E-state index in [1.807, 2.05) is 24.3 Å². The number of halogens is 1. The Balaban J connectivity index is 1.66. The summed E-state index contributed by atoms with van der Waals surface area (Å²) in [5.74, 6) is 2.25. The number of rotatable bonds is 4. The molecule has 3 rings (SSSR count). The average Bonchev–Trinajstić information content (AvgIpc) is 3.04. The van der Waals surface area contributed by atoms with Crippen molar-refractivity contribution in [1.82, 2.24) is 0 Å². The first-order chi connectivity index (χ1) is 10.7. The van der Waals surface area contributed by atoms with E-state index in [9.17, 15) is 0 Å². The molecule has 2 aromatic rings. The minimum atomic E-state index is 0.258. The maximum Gasteiger partial charge on any atom is 0.189 e. The van der Waals surface area contributed by atoms with Crippen molar-refractivity contribution in [3.8, 4) is 5.75 Å². The van der Waals surface area contributed by atoms with Crippen molar-refractivity contribution in [3.63, 3.8) is 0 Å². The van der Waals surface area contributed by atoms with E-state index in [4.69, 9.17) is 31.2 Å². The molecule has 1 aromatic heterocycles. The lowest BCUT2D eigenvalue weighted by Gasteiger charge is -2.20. The molecule has 0 aliphatic carbocycles. The van der Waals surface area contributed by atoms with E-state index in [1.165, 1.54) is 11.8 Å². The number of amidine groups is 1. The highest BCUT2D eigenvalue weighted by Crippen LogP contribution is 2.33. The van der Waals surface area contributed by atoms with E-state index in [1.54, 1.807) is 6.26 Å². The predicted molar refractivity (Wildman–Crippen MR) is 87.1 cm³/mol. The summed E-state index contributed by atoms with van der Waals surface area (Å²) in [6, 6.07) is 7.44. The maximum absolute atomic E-state index is 6.13. The molecule has 1 aromatic carbocycles. The normalized spacial score (nSPS) is 14.5. The topological polar surface area (TPSA) is 70.0 Å². The quantitative estimate of drug-likeness (QED) is 0.682. The van der Waals surface area contributed by atoms with Crippen LogP contribution in [0.1, 0.15) is 16.9 Å². The second-order valence-corrected chi connectivity index (χ2v) is 6.12. The molecule has 2 heterocycles. The van der Waals surface area contributed by atoms with Crippen LogP contribution in [0.2, 0.25) is 5.02 Å². The Hall–Kier alpha value is -1.63. The zero-order valence-corrected chi connectivity index (χ0v) is 13.3. The van der Waals surface area contributed by atoms with Gasteiger partial charge < -0.3 is 19.6 Å². The maximum atomic E-state index is 6.13. The molecule has 0 saturated carbocycles. The Kier molecular flexibility index (Phi) is 4.92. The van der Waals surface area contributed by atoms with Crippen LogP contribution in [0.25, 0.3) is 0 Å². The largest absolute Gasteiger partial charge is 0.467 e. The van der Waals surface area contributed by atoms with Crippen molar-refractivity contribution in [2.24, 2.45) is 10.7 Å². The van der Waals surface area contributed by atoms with Crippen molar-refractivity contribution in [2.45, 2.75) is 18.9 Å². The minimum absolute atomic E-state index is 0.258. The summed E-state index contributed by atoms with van der Waals surface area (Å²) in [7, 11) is 0. The number of benzene rings is 1. The summed E-state index contributed by atoms with van der Waals surface area (Å²) in [6.45, 7) is 1.20. The molecule has 0 spiro atoms. The first-order valence-electron chi connectivity index (χ1n) is 6.69. The van der Waals surface area contributed by atoms with E-state index in [0.29, 0.717) is 29.1 Å². The van der Waals surface area contributed by atoms with Gasteiger partial charge in [0.2, 0.25) is 0 Å². The molecule has 1 aliphatic heterocycles. The van der Waals surface area contributed by atoms with Crippen molar-refractivity contribution in [3.05, 3.63) is 52.4 Å². The number of furan rings is 1. The Labute approximate surface area is 137 Å². The van der Waals surface area contributed by atoms with Gasteiger partial charge in [-0.25, -0.2) is 0 Å². The molecule has 0 unspecified atom stereocenters. The number of fused-ring (bicyclic) bond motifs is 1. The van der Waals surface area contributed by atoms with Gasteiger partial charge in [-0.2, -0.15) is 0 Å². The van der Waals surface area contributed by atoms with Crippen LogP contribution in [0.3, 0.4) is 0 Å². The van der Waals surface area contributed by atoms with Gasteiger partial charge in [-0.1, -0.05) is 23.4 Å². The lowest BCUT2D eigenvalue weighted by atomic mass is 10.1. The molecule has 7 heteroatoms. The Morgan fingerprint density at radius 3 is 3.14 bits per heavy atom. The third-order valence-corrected chi connectivity index (χ3v) is 4.20. The predicted octanol–water partition coefficient (Wildman–Crippen LogP) is 3.55. The van der Waals surface area contributed by atoms with Crippen molar-refractivity contribution < 1.29 is 13.9 Å². The third-order valence-electron chi connectivity index (χ3n) is 3.10. The van der Waals surface area contributed by atoms with Crippen molar-refractivity contribution >= 4 is 28.5 Å². The van der Waals surface area contributed by atoms with Gasteiger partial charge >= 0.3 is 0 Å². The molecule has 0 bridgehead atoms. The van der Waals surface area contributed by atoms with E-state index >= 15 is 0 Å². The summed E-state index contributed by atoms with van der Waals surface area (Å²) in [5, 5.41) is 1.16. The van der Waals surface area contributed by atoms with E-state index < -0.39 is 0 Å². The van der Waals surface area contributed by atoms with Crippen LogP contribution in [0.15, 0.2) is 39.9 Å². The molecule has 0 atom stereocenters. The lowest BCUT2D eigenvalue weighted by Crippen LogP contribution is -2.13. The monoisotopic (exact) mass is 338 g/mol. The van der Waals surface area contributed by atoms with E-state index in [2.05, 4.69) is 4.99 Å². The van der Waals surface area contributed by atoms with Crippen LogP contribution in [0.4, 0.5) is 0 Å². The van der Waals surface area contributed by atoms with Crippen LogP contribution in [0.5, 0.6) is 5.75 Å². The molecule has 0 saturated heterocycles. The lowest BCUT2D eigenvalue weighted by molar-refractivity contribution is -0.0168. The number of thioether (sulfide) groups is 1. The van der Waals surface area contributed by atoms with Crippen LogP contribution in [-0.2, 0) is 23.6 Å². The molecular formula is C15H15ClN2O3S. The first kappa shape index (κ1) is 15.3. The number of hydrogen-bond donors (Lipinski definition) is 1. The molecular weight excluding hydrogens is 324 g/mol. The first-order valence-corrected chi connectivity index (χ1v) is 8.05. The van der Waals surface area contributed by atoms with Crippen LogP contribution >= 0.6 is 23.4 Å². The van der Waals surface area contributed by atoms with Gasteiger partial charge in [0, 0.05) is 21.9 Å². The summed E-state index contributed by atoms with van der Waals surface area (Å²) in [5.41, 5.74) is 7.88. The van der Waals surface area contributed by atoms with Gasteiger partial charge in [-0.05, 0) is 24.3 Å². The molecule has 116 valence electrons. The van der Waals surface area contributed by atoms with E-state index in [-0.39, 0.29) is 6.79 Å². The van der Waals surface area contributed by atoms with Gasteiger partial charge in [0.25, 0.3) is 0 Å². The second kappa shape index (κ2) is 7.09. The van der Waals surface area contributed by atoms with E-state index in [0.717, 1.165) is 22.6 Å². The fourth-order valence-electron chi connectivity index (χ4n) is 2.12. The van der Waals surface area contributed by atoms with Crippen molar-refractivity contribution in [1.29, 1.82) is 0 Å². The Morgan fingerprint density at radius 1 is 1.41 bits per heavy atom. The number of hydrogen-bond acceptors (Lipinski definition) is 5. The molecule has 2 N–H and O–H groups in total. The summed E-state index contributed by atoms with van der Waals surface area (Å²) >= 11 is 7.57. The fraction of sp³-hybridized carbons (Fsp3) is 0.267. The van der Waals surface area contributed by atoms with Crippen LogP contribution < -0.4 is 10.5 Å². The number of ether oxygens (including phenoxy) is 2. The zero-order chi connectivity index (χ0) is 15.4. The summed E-state index contributed by atoms with van der Waals surface area (Å²) < 4.78 is 16.0. The number of aliphatic imine (C=N–C) groups is 1. The number of nitrogens with zero attached hydrogens (tertiary/aromatic N) is 1. The number of nitrogens with two attached hydrogens (primary N) is 1. The third kappa shape index (κ3) is 3.76. The Morgan fingerprint density at radius 2 is 2.32 bits per heavy atom. The minimum Gasteiger partial charge on any atom is -0.467 e. The summed E-state index contributed by atoms with van der Waals surface area (Å²) in [6.07, 6.45) is 1.62. The second-order valence-electron chi connectivity index (χ2n) is 4.69. The highest BCUT2D eigenvalue weighted by molar-refractivity contribution is 8.13. The molecule has 0 fully saturated rings. The molecule has 0 radical (unpaired) electrons. The molecule has 22 heavy (non-hydrogen) atoms. The SMILES string of the molecule is NC(=NCc1ccco1)SCc1cc(Cl)cc2c1OCOC2. The zero-order valence-electron chi connectivity index (χ0n) is 11.8. The van der Waals surface area contributed by atoms with Gasteiger partial charge in [0.15, 0.2) is 12.0 Å². The standard InChI is InChI=1S/C15H15ClN2O3S/c16-12-4-10-7-19-9-21-14(10)11(5-12)8-22-15(17)18-6-13-2-1-3-20-13/h1-5H,6-9H2,(H2,17,18). The average molecular weight is 339 g/mol.